The molecule has 1 aromatic heterocycles. The van der Waals surface area contributed by atoms with Crippen LogP contribution in [0.4, 0.5) is 0 Å². The zero-order chi connectivity index (χ0) is 17.7. The summed E-state index contributed by atoms with van der Waals surface area (Å²) in [6, 6.07) is 0. The summed E-state index contributed by atoms with van der Waals surface area (Å²) in [7, 11) is 0. The Morgan fingerprint density at radius 1 is 1.28 bits per heavy atom. The van der Waals surface area contributed by atoms with E-state index in [2.05, 4.69) is 31.2 Å². The molecule has 3 heterocycles. The lowest BCUT2D eigenvalue weighted by atomic mass is 10.0. The Bertz CT molecular complexity index is 671. The van der Waals surface area contributed by atoms with Gasteiger partial charge in [0.15, 0.2) is 11.5 Å². The molecule has 3 rings (SSSR count). The van der Waals surface area contributed by atoms with E-state index < -0.39 is 0 Å². The molecule has 0 radical (unpaired) electrons. The highest BCUT2D eigenvalue weighted by Gasteiger charge is 2.39. The van der Waals surface area contributed by atoms with Gasteiger partial charge in [-0.3, -0.25) is 9.69 Å². The fourth-order valence-electron chi connectivity index (χ4n) is 3.12. The van der Waals surface area contributed by atoms with Gasteiger partial charge >= 0.3 is 0 Å². The van der Waals surface area contributed by atoms with Crippen molar-refractivity contribution in [2.24, 2.45) is 10.2 Å². The van der Waals surface area contributed by atoms with Crippen LogP contribution in [0.15, 0.2) is 14.8 Å². The lowest BCUT2D eigenvalue weighted by Gasteiger charge is -2.22. The Morgan fingerprint density at radius 3 is 2.80 bits per heavy atom. The van der Waals surface area contributed by atoms with Gasteiger partial charge in [-0.15, -0.1) is 12.3 Å². The minimum atomic E-state index is -0.379. The van der Waals surface area contributed by atoms with Crippen LogP contribution in [-0.2, 0) is 11.3 Å². The highest BCUT2D eigenvalue weighted by Crippen LogP contribution is 2.37. The van der Waals surface area contributed by atoms with Gasteiger partial charge in [-0.25, -0.2) is 0 Å². The van der Waals surface area contributed by atoms with Crippen LogP contribution in [-0.4, -0.2) is 57.7 Å². The molecule has 0 atom stereocenters. The maximum Gasteiger partial charge on any atom is 0.223 e. The van der Waals surface area contributed by atoms with Crippen molar-refractivity contribution in [1.29, 1.82) is 0 Å². The molecule has 25 heavy (non-hydrogen) atoms. The van der Waals surface area contributed by atoms with Crippen molar-refractivity contribution in [2.45, 2.75) is 51.2 Å². The van der Waals surface area contributed by atoms with Crippen LogP contribution in [0.5, 0.6) is 0 Å². The summed E-state index contributed by atoms with van der Waals surface area (Å²) < 4.78 is 5.01. The second kappa shape index (κ2) is 7.74. The van der Waals surface area contributed by atoms with Gasteiger partial charge in [-0.05, 0) is 6.42 Å². The van der Waals surface area contributed by atoms with Crippen molar-refractivity contribution in [3.63, 3.8) is 0 Å². The van der Waals surface area contributed by atoms with Gasteiger partial charge in [-0.2, -0.15) is 15.2 Å². The number of amides is 1. The van der Waals surface area contributed by atoms with Gasteiger partial charge in [0.2, 0.25) is 11.8 Å². The molecule has 0 bridgehead atoms. The number of nitrogens with zero attached hydrogens (tertiary/aromatic N) is 6. The molecule has 1 aromatic rings. The Morgan fingerprint density at radius 2 is 2.12 bits per heavy atom. The molecule has 0 N–H and O–H groups in total. The molecule has 0 aromatic carbocycles. The van der Waals surface area contributed by atoms with E-state index in [0.717, 1.165) is 39.0 Å². The molecule has 0 aliphatic carbocycles. The summed E-state index contributed by atoms with van der Waals surface area (Å²) in [5, 5.41) is 12.1. The molecule has 0 unspecified atom stereocenters. The molecule has 1 saturated heterocycles. The Balaban J connectivity index is 1.43. The van der Waals surface area contributed by atoms with Gasteiger partial charge in [0.25, 0.3) is 0 Å². The largest absolute Gasteiger partial charge is 0.341 e. The number of aromatic nitrogens is 2. The van der Waals surface area contributed by atoms with E-state index in [9.17, 15) is 4.79 Å². The first-order valence-corrected chi connectivity index (χ1v) is 8.77. The molecular weight excluding hydrogens is 320 g/mol. The first-order valence-electron chi connectivity index (χ1n) is 8.77. The highest BCUT2D eigenvalue weighted by atomic mass is 16.5. The van der Waals surface area contributed by atoms with Crippen molar-refractivity contribution >= 4 is 5.91 Å². The molecule has 134 valence electrons. The van der Waals surface area contributed by atoms with Gasteiger partial charge in [0, 0.05) is 58.8 Å². The minimum Gasteiger partial charge on any atom is -0.341 e. The van der Waals surface area contributed by atoms with E-state index in [1.54, 1.807) is 6.92 Å². The van der Waals surface area contributed by atoms with Crippen molar-refractivity contribution < 1.29 is 9.32 Å². The SMILES string of the molecule is C#CCCC1(CCC(=O)N2CCCN(Cc3noc(C)n3)CC2)N=N1. The number of carbonyl (C=O) groups is 1. The number of rotatable bonds is 7. The molecule has 8 heteroatoms. The van der Waals surface area contributed by atoms with Gasteiger partial charge in [0.1, 0.15) is 0 Å². The third-order valence-corrected chi connectivity index (χ3v) is 4.67. The number of terminal acetylenes is 1. The predicted molar refractivity (Wildman–Crippen MR) is 90.4 cm³/mol. The average Bonchev–Trinajstić information content (AvgIpc) is 3.32. The second-order valence-electron chi connectivity index (χ2n) is 6.63. The monoisotopic (exact) mass is 344 g/mol. The number of hydrogen-bond acceptors (Lipinski definition) is 7. The summed E-state index contributed by atoms with van der Waals surface area (Å²) in [5.74, 6) is 4.07. The third-order valence-electron chi connectivity index (χ3n) is 4.67. The number of carbonyl (C=O) groups excluding carboxylic acids is 1. The number of aryl methyl sites for hydroxylation is 1. The summed E-state index contributed by atoms with van der Waals surface area (Å²) in [6.07, 6.45) is 8.77. The Labute approximate surface area is 147 Å². The van der Waals surface area contributed by atoms with Crippen LogP contribution in [0, 0.1) is 19.3 Å². The summed E-state index contributed by atoms with van der Waals surface area (Å²) in [4.78, 5) is 21.0. The molecule has 8 nitrogen and oxygen atoms in total. The van der Waals surface area contributed by atoms with Gasteiger partial charge in [0.05, 0.1) is 6.54 Å². The minimum absolute atomic E-state index is 0.176. The summed E-state index contributed by atoms with van der Waals surface area (Å²) >= 11 is 0. The lowest BCUT2D eigenvalue weighted by molar-refractivity contribution is -0.131. The quantitative estimate of drug-likeness (QED) is 0.704. The first kappa shape index (κ1) is 17.5. The van der Waals surface area contributed by atoms with E-state index in [-0.39, 0.29) is 11.6 Å². The van der Waals surface area contributed by atoms with Crippen LogP contribution in [0.25, 0.3) is 0 Å². The third kappa shape index (κ3) is 4.86. The fourth-order valence-corrected chi connectivity index (χ4v) is 3.12. The van der Waals surface area contributed by atoms with Crippen LogP contribution in [0.2, 0.25) is 0 Å². The molecule has 1 amide bonds. The maximum atomic E-state index is 12.5. The average molecular weight is 344 g/mol. The van der Waals surface area contributed by atoms with E-state index in [4.69, 9.17) is 10.9 Å². The summed E-state index contributed by atoms with van der Waals surface area (Å²) in [5.41, 5.74) is -0.379. The first-order chi connectivity index (χ1) is 12.1. The maximum absolute atomic E-state index is 12.5. The molecular formula is C17H24N6O2. The van der Waals surface area contributed by atoms with Crippen molar-refractivity contribution in [2.75, 3.05) is 26.2 Å². The fraction of sp³-hybridized carbons (Fsp3) is 0.706. The molecule has 0 spiro atoms. The van der Waals surface area contributed by atoms with E-state index in [1.165, 1.54) is 0 Å². The molecule has 2 aliphatic rings. The van der Waals surface area contributed by atoms with Crippen LogP contribution in [0.3, 0.4) is 0 Å². The Hall–Kier alpha value is -2.27. The zero-order valence-electron chi connectivity index (χ0n) is 14.6. The van der Waals surface area contributed by atoms with Crippen molar-refractivity contribution in [3.05, 3.63) is 11.7 Å². The van der Waals surface area contributed by atoms with Crippen LogP contribution in [0.1, 0.15) is 43.8 Å². The van der Waals surface area contributed by atoms with Crippen molar-refractivity contribution in [1.82, 2.24) is 19.9 Å². The molecule has 0 saturated carbocycles. The topological polar surface area (TPSA) is 87.2 Å². The smallest absolute Gasteiger partial charge is 0.223 e. The second-order valence-corrected chi connectivity index (χ2v) is 6.63. The zero-order valence-corrected chi connectivity index (χ0v) is 14.6. The van der Waals surface area contributed by atoms with E-state index in [0.29, 0.717) is 37.5 Å². The normalized spacial score (nSPS) is 19.4. The number of hydrogen-bond donors (Lipinski definition) is 0. The molecule has 2 aliphatic heterocycles. The molecule has 1 fully saturated rings. The lowest BCUT2D eigenvalue weighted by Crippen LogP contribution is -2.35. The van der Waals surface area contributed by atoms with Crippen LogP contribution < -0.4 is 0 Å². The van der Waals surface area contributed by atoms with Gasteiger partial charge < -0.3 is 9.42 Å². The predicted octanol–water partition coefficient (Wildman–Crippen LogP) is 1.77. The standard InChI is InChI=1S/C17H24N6O2/c1-3-4-7-17(20-21-17)8-6-16(24)23-10-5-9-22(11-12-23)13-15-18-14(2)25-19-15/h1H,4-13H2,2H3. The van der Waals surface area contributed by atoms with Crippen LogP contribution >= 0.6 is 0 Å². The summed E-state index contributed by atoms with van der Waals surface area (Å²) in [6.45, 7) is 5.69. The highest BCUT2D eigenvalue weighted by molar-refractivity contribution is 5.76. The van der Waals surface area contributed by atoms with E-state index in [1.807, 2.05) is 4.90 Å². The van der Waals surface area contributed by atoms with Gasteiger partial charge in [-0.1, -0.05) is 5.16 Å². The van der Waals surface area contributed by atoms with E-state index >= 15 is 0 Å². The Kier molecular flexibility index (Phi) is 5.43. The van der Waals surface area contributed by atoms with Crippen molar-refractivity contribution in [3.8, 4) is 12.3 Å².